The van der Waals surface area contributed by atoms with Gasteiger partial charge in [0.15, 0.2) is 0 Å². The number of piperazine rings is 1. The van der Waals surface area contributed by atoms with Crippen molar-refractivity contribution in [3.8, 4) is 0 Å². The van der Waals surface area contributed by atoms with Gasteiger partial charge in [0, 0.05) is 31.9 Å². The fraction of sp³-hybridized carbons (Fsp3) is 0.462. The molecular formula is C26H33BN6O6. The summed E-state index contributed by atoms with van der Waals surface area (Å²) in [5.74, 6) is -2.96. The first-order valence-corrected chi connectivity index (χ1v) is 13.0. The molecule has 4 atom stereocenters. The van der Waals surface area contributed by atoms with Crippen molar-refractivity contribution in [2.45, 2.75) is 50.8 Å². The van der Waals surface area contributed by atoms with Crippen LogP contribution in [0.2, 0.25) is 0 Å². The van der Waals surface area contributed by atoms with E-state index in [9.17, 15) is 19.2 Å². The Bertz CT molecular complexity index is 1140. The molecule has 206 valence electrons. The maximum absolute atomic E-state index is 13.7. The Morgan fingerprint density at radius 1 is 1.08 bits per heavy atom. The molecule has 2 fully saturated rings. The van der Waals surface area contributed by atoms with E-state index >= 15 is 0 Å². The van der Waals surface area contributed by atoms with Crippen LogP contribution in [0, 0.1) is 5.92 Å². The van der Waals surface area contributed by atoms with Gasteiger partial charge in [-0.2, -0.15) is 0 Å². The predicted molar refractivity (Wildman–Crippen MR) is 141 cm³/mol. The van der Waals surface area contributed by atoms with E-state index in [-0.39, 0.29) is 18.0 Å². The molecule has 2 amide bonds. The largest absolute Gasteiger partial charge is 0.622 e. The number of likely N-dealkylation sites (N-methyl/N-ethyl adjacent to an activating group) is 1. The van der Waals surface area contributed by atoms with Crippen molar-refractivity contribution in [1.82, 2.24) is 30.8 Å². The molecule has 2 aliphatic heterocycles. The highest BCUT2D eigenvalue weighted by molar-refractivity contribution is 6.51. The van der Waals surface area contributed by atoms with E-state index in [1.807, 2.05) is 44.2 Å². The average Bonchev–Trinajstić information content (AvgIpc) is 2.92. The smallest absolute Gasteiger partial charge is 0.497 e. The van der Waals surface area contributed by atoms with Gasteiger partial charge in [-0.15, -0.1) is 0 Å². The minimum absolute atomic E-state index is 0.0590. The van der Waals surface area contributed by atoms with Crippen molar-refractivity contribution in [3.63, 3.8) is 0 Å². The number of carbonyl (C=O) groups excluding carboxylic acids is 4. The van der Waals surface area contributed by atoms with Gasteiger partial charge in [0.05, 0.1) is 12.1 Å². The summed E-state index contributed by atoms with van der Waals surface area (Å²) in [7, 11) is 0.363. The van der Waals surface area contributed by atoms with Crippen LogP contribution in [-0.4, -0.2) is 89.9 Å². The van der Waals surface area contributed by atoms with Gasteiger partial charge >= 0.3 is 19.1 Å². The fourth-order valence-corrected chi connectivity index (χ4v) is 4.67. The molecule has 1 aromatic heterocycles. The minimum atomic E-state index is -1.32. The number of nitrogens with one attached hydrogen (secondary N) is 3. The zero-order valence-corrected chi connectivity index (χ0v) is 22.2. The minimum Gasteiger partial charge on any atom is -0.497 e. The zero-order chi connectivity index (χ0) is 27.9. The van der Waals surface area contributed by atoms with Gasteiger partial charge < -0.3 is 25.3 Å². The van der Waals surface area contributed by atoms with E-state index in [2.05, 4.69) is 25.9 Å². The van der Waals surface area contributed by atoms with Gasteiger partial charge in [0.25, 0.3) is 5.91 Å². The Balaban J connectivity index is 1.56. The molecule has 3 N–H and O–H groups in total. The van der Waals surface area contributed by atoms with E-state index < -0.39 is 54.9 Å². The maximum Gasteiger partial charge on any atom is 0.622 e. The van der Waals surface area contributed by atoms with E-state index in [1.54, 1.807) is 11.9 Å². The number of aromatic nitrogens is 2. The quantitative estimate of drug-likeness (QED) is 0.366. The standard InChI is InChI=1S/C26H33BN6O6/c1-16(2)11-22(27-38-25(36)20-14-29-15-21(33(20)3)26(37)39-27)32-23(34)18(12-17-7-5-4-6-8-17)31-24(35)19-13-28-9-10-30-19/h4-10,13,16,18,20-22,29H,11-12,14-15H2,1-3H3,(H,31,35)(H,32,34)/t18?,20-,21+,22?. The molecule has 2 unspecified atom stereocenters. The van der Waals surface area contributed by atoms with Crippen LogP contribution in [0.1, 0.15) is 36.3 Å². The number of benzene rings is 1. The van der Waals surface area contributed by atoms with Crippen molar-refractivity contribution >= 4 is 30.9 Å². The summed E-state index contributed by atoms with van der Waals surface area (Å²) < 4.78 is 11.3. The first-order chi connectivity index (χ1) is 18.7. The predicted octanol–water partition coefficient (Wildman–Crippen LogP) is -0.252. The maximum atomic E-state index is 13.7. The summed E-state index contributed by atoms with van der Waals surface area (Å²) >= 11 is 0. The highest BCUT2D eigenvalue weighted by Gasteiger charge is 2.48. The molecule has 12 nitrogen and oxygen atoms in total. The Morgan fingerprint density at radius 3 is 2.33 bits per heavy atom. The Kier molecular flexibility index (Phi) is 9.26. The molecule has 2 saturated heterocycles. The first-order valence-electron chi connectivity index (χ1n) is 13.0. The van der Waals surface area contributed by atoms with Crippen molar-refractivity contribution < 1.29 is 28.5 Å². The average molecular weight is 536 g/mol. The van der Waals surface area contributed by atoms with Gasteiger partial charge in [-0.1, -0.05) is 44.2 Å². The second kappa shape index (κ2) is 12.8. The number of hydrogen-bond donors (Lipinski definition) is 3. The number of nitrogens with zero attached hydrogens (tertiary/aromatic N) is 3. The molecule has 0 saturated carbocycles. The molecule has 4 rings (SSSR count). The van der Waals surface area contributed by atoms with Crippen molar-refractivity contribution in [2.24, 2.45) is 5.92 Å². The molecular weight excluding hydrogens is 503 g/mol. The normalized spacial score (nSPS) is 21.2. The van der Waals surface area contributed by atoms with Crippen molar-refractivity contribution in [1.29, 1.82) is 0 Å². The number of fused-ring (bicyclic) bond motifs is 2. The molecule has 2 bridgehead atoms. The van der Waals surface area contributed by atoms with E-state index in [0.29, 0.717) is 19.5 Å². The lowest BCUT2D eigenvalue weighted by molar-refractivity contribution is -0.156. The Labute approximate surface area is 227 Å². The van der Waals surface area contributed by atoms with Gasteiger partial charge in [-0.3, -0.25) is 29.1 Å². The van der Waals surface area contributed by atoms with E-state index in [1.165, 1.54) is 18.6 Å². The van der Waals surface area contributed by atoms with Gasteiger partial charge in [-0.05, 0) is 24.9 Å². The third-order valence-electron chi connectivity index (χ3n) is 6.75. The van der Waals surface area contributed by atoms with Crippen molar-refractivity contribution in [3.05, 3.63) is 60.2 Å². The zero-order valence-electron chi connectivity index (χ0n) is 22.2. The lowest BCUT2D eigenvalue weighted by Crippen LogP contribution is -2.66. The fourth-order valence-electron chi connectivity index (χ4n) is 4.67. The summed E-state index contributed by atoms with van der Waals surface area (Å²) in [6, 6.07) is 6.92. The summed E-state index contributed by atoms with van der Waals surface area (Å²) in [6.45, 7) is 4.55. The van der Waals surface area contributed by atoms with Crippen LogP contribution in [0.15, 0.2) is 48.9 Å². The first kappa shape index (κ1) is 28.2. The second-order valence-electron chi connectivity index (χ2n) is 10.1. The van der Waals surface area contributed by atoms with Crippen LogP contribution in [0.25, 0.3) is 0 Å². The molecule has 1 aromatic carbocycles. The molecule has 13 heteroatoms. The molecule has 3 heterocycles. The van der Waals surface area contributed by atoms with Crippen molar-refractivity contribution in [2.75, 3.05) is 20.1 Å². The topological polar surface area (TPSA) is 152 Å². The molecule has 0 spiro atoms. The molecule has 2 aliphatic rings. The molecule has 0 radical (unpaired) electrons. The van der Waals surface area contributed by atoms with E-state index in [4.69, 9.17) is 9.31 Å². The lowest BCUT2D eigenvalue weighted by Gasteiger charge is -2.40. The number of rotatable bonds is 9. The van der Waals surface area contributed by atoms with Gasteiger partial charge in [0.2, 0.25) is 5.91 Å². The third kappa shape index (κ3) is 7.18. The highest BCUT2D eigenvalue weighted by Crippen LogP contribution is 2.19. The van der Waals surface area contributed by atoms with Gasteiger partial charge in [-0.25, -0.2) is 4.98 Å². The molecule has 0 aliphatic carbocycles. The van der Waals surface area contributed by atoms with Crippen LogP contribution in [0.5, 0.6) is 0 Å². The number of amides is 2. The van der Waals surface area contributed by atoms with Crippen LogP contribution in [0.4, 0.5) is 0 Å². The molecule has 39 heavy (non-hydrogen) atoms. The Morgan fingerprint density at radius 2 is 1.74 bits per heavy atom. The highest BCUT2D eigenvalue weighted by atomic mass is 16.6. The second-order valence-corrected chi connectivity index (χ2v) is 10.1. The summed E-state index contributed by atoms with van der Waals surface area (Å²) in [4.78, 5) is 62.1. The monoisotopic (exact) mass is 536 g/mol. The van der Waals surface area contributed by atoms with Gasteiger partial charge in [0.1, 0.15) is 23.8 Å². The van der Waals surface area contributed by atoms with E-state index in [0.717, 1.165) is 5.56 Å². The van der Waals surface area contributed by atoms with Crippen LogP contribution >= 0.6 is 0 Å². The van der Waals surface area contributed by atoms with Crippen LogP contribution in [-0.2, 0) is 30.1 Å². The molecule has 2 aromatic rings. The summed E-state index contributed by atoms with van der Waals surface area (Å²) in [5.41, 5.74) is 0.888. The number of hydrogen-bond acceptors (Lipinski definition) is 10. The number of carbonyl (C=O) groups is 4. The third-order valence-corrected chi connectivity index (χ3v) is 6.75. The van der Waals surface area contributed by atoms with Crippen LogP contribution in [0.3, 0.4) is 0 Å². The lowest BCUT2D eigenvalue weighted by atomic mass is 9.73. The summed E-state index contributed by atoms with van der Waals surface area (Å²) in [6.07, 6.45) is 4.69. The SMILES string of the molecule is CC(C)CC(NC(=O)C(Cc1ccccc1)NC(=O)c1cnccn1)B1OC(=O)[C@H]2CNC[C@@H](C(=O)O1)N2C. The van der Waals surface area contributed by atoms with Crippen LogP contribution < -0.4 is 16.0 Å². The summed E-state index contributed by atoms with van der Waals surface area (Å²) in [5, 5.41) is 8.69. The Hall–Kier alpha value is -3.84.